The van der Waals surface area contributed by atoms with Gasteiger partial charge >= 0.3 is 0 Å². The van der Waals surface area contributed by atoms with Crippen LogP contribution in [-0.4, -0.2) is 41.2 Å². The molecule has 7 heteroatoms. The van der Waals surface area contributed by atoms with Gasteiger partial charge in [0, 0.05) is 20.1 Å². The van der Waals surface area contributed by atoms with Crippen LogP contribution >= 0.6 is 23.2 Å². The third-order valence-corrected chi connectivity index (χ3v) is 5.20. The lowest BCUT2D eigenvalue weighted by molar-refractivity contribution is -0.134. The van der Waals surface area contributed by atoms with E-state index in [1.807, 2.05) is 6.07 Å². The molecule has 1 fully saturated rings. The van der Waals surface area contributed by atoms with Gasteiger partial charge in [0.1, 0.15) is 6.04 Å². The van der Waals surface area contributed by atoms with Crippen LogP contribution in [0.4, 0.5) is 0 Å². The summed E-state index contributed by atoms with van der Waals surface area (Å²) >= 11 is 12.2. The minimum atomic E-state index is -0.486. The Kier molecular flexibility index (Phi) is 5.35. The number of benzene rings is 1. The molecule has 2 aromatic rings. The molecule has 3 rings (SSSR count). The largest absolute Gasteiger partial charge is 0.459 e. The molecule has 0 unspecified atom stereocenters. The van der Waals surface area contributed by atoms with Gasteiger partial charge in [0.25, 0.3) is 5.91 Å². The summed E-state index contributed by atoms with van der Waals surface area (Å²) in [5.41, 5.74) is 0.770. The lowest BCUT2D eigenvalue weighted by Gasteiger charge is -2.27. The molecular formula is C18H18Cl2N2O3. The fraction of sp³-hybridized carbons (Fsp3) is 0.333. The molecule has 25 heavy (non-hydrogen) atoms. The van der Waals surface area contributed by atoms with Gasteiger partial charge in [0.15, 0.2) is 5.76 Å². The van der Waals surface area contributed by atoms with Gasteiger partial charge in [-0.1, -0.05) is 35.3 Å². The quantitative estimate of drug-likeness (QED) is 0.809. The second-order valence-electron chi connectivity index (χ2n) is 6.04. The van der Waals surface area contributed by atoms with Crippen molar-refractivity contribution < 1.29 is 14.0 Å². The number of furan rings is 1. The molecule has 1 aliphatic heterocycles. The third-order valence-electron chi connectivity index (χ3n) is 4.35. The van der Waals surface area contributed by atoms with Crippen molar-refractivity contribution in [2.45, 2.75) is 25.4 Å². The number of carbonyl (C=O) groups is 2. The number of halogens is 2. The molecule has 2 amide bonds. The maximum atomic E-state index is 12.9. The highest BCUT2D eigenvalue weighted by molar-refractivity contribution is 6.42. The molecular weight excluding hydrogens is 363 g/mol. The zero-order chi connectivity index (χ0) is 18.0. The molecule has 5 nitrogen and oxygen atoms in total. The van der Waals surface area contributed by atoms with Gasteiger partial charge < -0.3 is 14.2 Å². The lowest BCUT2D eigenvalue weighted by Crippen LogP contribution is -2.46. The summed E-state index contributed by atoms with van der Waals surface area (Å²) in [5, 5.41) is 0.897. The summed E-state index contributed by atoms with van der Waals surface area (Å²) in [6.07, 6.45) is 2.88. The molecule has 1 aliphatic rings. The molecule has 1 atom stereocenters. The molecule has 1 aromatic carbocycles. The Hall–Kier alpha value is -1.98. The van der Waals surface area contributed by atoms with E-state index in [1.54, 1.807) is 41.1 Å². The highest BCUT2D eigenvalue weighted by atomic mass is 35.5. The average molecular weight is 381 g/mol. The van der Waals surface area contributed by atoms with E-state index in [2.05, 4.69) is 0 Å². The SMILES string of the molecule is CN(Cc1cccc(Cl)c1Cl)C(=O)[C@@H]1CCCN1C(=O)c1ccco1. The summed E-state index contributed by atoms with van der Waals surface area (Å²) in [6, 6.07) is 8.12. The van der Waals surface area contributed by atoms with Crippen LogP contribution in [0.2, 0.25) is 10.0 Å². The van der Waals surface area contributed by atoms with E-state index in [1.165, 1.54) is 6.26 Å². The van der Waals surface area contributed by atoms with E-state index < -0.39 is 6.04 Å². The zero-order valence-electron chi connectivity index (χ0n) is 13.7. The Morgan fingerprint density at radius 1 is 1.28 bits per heavy atom. The number of likely N-dealkylation sites (tertiary alicyclic amines) is 1. The van der Waals surface area contributed by atoms with Gasteiger partial charge in [-0.25, -0.2) is 0 Å². The maximum absolute atomic E-state index is 12.9. The fourth-order valence-electron chi connectivity index (χ4n) is 3.07. The van der Waals surface area contributed by atoms with E-state index in [-0.39, 0.29) is 17.6 Å². The van der Waals surface area contributed by atoms with Gasteiger partial charge in [-0.2, -0.15) is 0 Å². The van der Waals surface area contributed by atoms with Crippen LogP contribution in [0.3, 0.4) is 0 Å². The van der Waals surface area contributed by atoms with Crippen molar-refractivity contribution >= 4 is 35.0 Å². The maximum Gasteiger partial charge on any atom is 0.290 e. The molecule has 0 spiro atoms. The molecule has 0 aliphatic carbocycles. The van der Waals surface area contributed by atoms with Gasteiger partial charge in [-0.15, -0.1) is 0 Å². The highest BCUT2D eigenvalue weighted by Crippen LogP contribution is 2.27. The van der Waals surface area contributed by atoms with Crippen LogP contribution in [-0.2, 0) is 11.3 Å². The molecule has 0 N–H and O–H groups in total. The molecule has 1 aromatic heterocycles. The first kappa shape index (κ1) is 17.8. The van der Waals surface area contributed by atoms with Gasteiger partial charge in [0.05, 0.1) is 16.3 Å². The van der Waals surface area contributed by atoms with Crippen molar-refractivity contribution in [2.24, 2.45) is 0 Å². The monoisotopic (exact) mass is 380 g/mol. The first-order valence-electron chi connectivity index (χ1n) is 8.01. The molecule has 0 saturated carbocycles. The summed E-state index contributed by atoms with van der Waals surface area (Å²) < 4.78 is 5.17. The second kappa shape index (κ2) is 7.50. The number of likely N-dealkylation sites (N-methyl/N-ethyl adjacent to an activating group) is 1. The molecule has 2 heterocycles. The van der Waals surface area contributed by atoms with Crippen molar-refractivity contribution in [1.82, 2.24) is 9.80 Å². The predicted molar refractivity (Wildman–Crippen MR) is 95.7 cm³/mol. The van der Waals surface area contributed by atoms with Crippen LogP contribution in [0.25, 0.3) is 0 Å². The summed E-state index contributed by atoms with van der Waals surface area (Å²) in [5.74, 6) is -0.122. The topological polar surface area (TPSA) is 53.8 Å². The van der Waals surface area contributed by atoms with Crippen molar-refractivity contribution in [3.05, 3.63) is 58.0 Å². The van der Waals surface area contributed by atoms with Crippen molar-refractivity contribution in [1.29, 1.82) is 0 Å². The number of hydrogen-bond donors (Lipinski definition) is 0. The van der Waals surface area contributed by atoms with Gasteiger partial charge in [-0.3, -0.25) is 9.59 Å². The van der Waals surface area contributed by atoms with E-state index >= 15 is 0 Å². The van der Waals surface area contributed by atoms with E-state index in [0.29, 0.717) is 29.6 Å². The number of amides is 2. The van der Waals surface area contributed by atoms with Crippen LogP contribution < -0.4 is 0 Å². The fourth-order valence-corrected chi connectivity index (χ4v) is 3.45. The summed E-state index contributed by atoms with van der Waals surface area (Å²) in [6.45, 7) is 0.874. The van der Waals surface area contributed by atoms with E-state index in [0.717, 1.165) is 12.0 Å². The number of nitrogens with zero attached hydrogens (tertiary/aromatic N) is 2. The summed E-state index contributed by atoms with van der Waals surface area (Å²) in [4.78, 5) is 28.5. The van der Waals surface area contributed by atoms with Crippen molar-refractivity contribution in [3.63, 3.8) is 0 Å². The molecule has 132 valence electrons. The predicted octanol–water partition coefficient (Wildman–Crippen LogP) is 3.85. The minimum Gasteiger partial charge on any atom is -0.459 e. The molecule has 1 saturated heterocycles. The van der Waals surface area contributed by atoms with Crippen LogP contribution in [0.15, 0.2) is 41.0 Å². The first-order chi connectivity index (χ1) is 12.0. The smallest absolute Gasteiger partial charge is 0.290 e. The Morgan fingerprint density at radius 3 is 2.80 bits per heavy atom. The van der Waals surface area contributed by atoms with E-state index in [4.69, 9.17) is 27.6 Å². The standard InChI is InChI=1S/C18H18Cl2N2O3/c1-21(11-12-5-2-6-13(19)16(12)20)17(23)14-7-3-9-22(14)18(24)15-8-4-10-25-15/h2,4-6,8,10,14H,3,7,9,11H2,1H3/t14-/m0/s1. The third kappa shape index (κ3) is 3.67. The molecule has 0 bridgehead atoms. The Morgan fingerprint density at radius 2 is 2.08 bits per heavy atom. The zero-order valence-corrected chi connectivity index (χ0v) is 15.3. The number of carbonyl (C=O) groups excluding carboxylic acids is 2. The Balaban J connectivity index is 1.72. The number of hydrogen-bond acceptors (Lipinski definition) is 3. The van der Waals surface area contributed by atoms with Crippen LogP contribution in [0, 0.1) is 0 Å². The minimum absolute atomic E-state index is 0.117. The van der Waals surface area contributed by atoms with Crippen molar-refractivity contribution in [2.75, 3.05) is 13.6 Å². The Labute approximate surface area is 156 Å². The first-order valence-corrected chi connectivity index (χ1v) is 8.77. The number of rotatable bonds is 4. The van der Waals surface area contributed by atoms with E-state index in [9.17, 15) is 9.59 Å². The van der Waals surface area contributed by atoms with Gasteiger partial charge in [-0.05, 0) is 36.6 Å². The second-order valence-corrected chi connectivity index (χ2v) is 6.83. The van der Waals surface area contributed by atoms with Crippen molar-refractivity contribution in [3.8, 4) is 0 Å². The van der Waals surface area contributed by atoms with Crippen LogP contribution in [0.1, 0.15) is 29.0 Å². The van der Waals surface area contributed by atoms with Crippen LogP contribution in [0.5, 0.6) is 0 Å². The average Bonchev–Trinajstić information content (AvgIpc) is 3.29. The molecule has 0 radical (unpaired) electrons. The highest BCUT2D eigenvalue weighted by Gasteiger charge is 2.37. The summed E-state index contributed by atoms with van der Waals surface area (Å²) in [7, 11) is 1.70. The van der Waals surface area contributed by atoms with Gasteiger partial charge in [0.2, 0.25) is 5.91 Å². The Bertz CT molecular complexity index is 777. The lowest BCUT2D eigenvalue weighted by atomic mass is 10.1. The normalized spacial score (nSPS) is 16.9.